The Hall–Kier alpha value is -4.00. The molecule has 0 aliphatic carbocycles. The van der Waals surface area contributed by atoms with Gasteiger partial charge in [-0.1, -0.05) is 18.2 Å². The van der Waals surface area contributed by atoms with E-state index in [2.05, 4.69) is 15.4 Å². The second kappa shape index (κ2) is 10.9. The van der Waals surface area contributed by atoms with Gasteiger partial charge in [-0.25, -0.2) is 8.42 Å². The number of phenols is 1. The Labute approximate surface area is 214 Å². The molecule has 37 heavy (non-hydrogen) atoms. The minimum absolute atomic E-state index is 0.0612. The molecule has 0 bridgehead atoms. The van der Waals surface area contributed by atoms with Crippen molar-refractivity contribution in [2.75, 3.05) is 36.7 Å². The lowest BCUT2D eigenvalue weighted by atomic mass is 10.0. The van der Waals surface area contributed by atoms with Gasteiger partial charge in [-0.2, -0.15) is 0 Å². The number of methoxy groups -OCH3 is 1. The first-order chi connectivity index (χ1) is 17.6. The molecule has 0 fully saturated rings. The summed E-state index contributed by atoms with van der Waals surface area (Å²) in [6, 6.07) is 15.2. The van der Waals surface area contributed by atoms with Gasteiger partial charge in [0.1, 0.15) is 17.5 Å². The van der Waals surface area contributed by atoms with Crippen LogP contribution in [0.2, 0.25) is 0 Å². The molecule has 12 heteroatoms. The number of ether oxygens (including phenoxy) is 3. The van der Waals surface area contributed by atoms with Crippen LogP contribution in [0.3, 0.4) is 0 Å². The highest BCUT2D eigenvalue weighted by Gasteiger charge is 2.24. The van der Waals surface area contributed by atoms with Crippen LogP contribution in [0.5, 0.6) is 23.0 Å². The first-order valence-corrected chi connectivity index (χ1v) is 13.1. The predicted octanol–water partition coefficient (Wildman–Crippen LogP) is 2.50. The average Bonchev–Trinajstić information content (AvgIpc) is 3.33. The number of carbonyl (C=O) groups is 1. The van der Waals surface area contributed by atoms with Crippen molar-refractivity contribution in [3.63, 3.8) is 0 Å². The van der Waals surface area contributed by atoms with Crippen molar-refractivity contribution in [3.8, 4) is 23.0 Å². The molecule has 196 valence electrons. The zero-order chi connectivity index (χ0) is 26.6. The first kappa shape index (κ1) is 26.1. The first-order valence-electron chi connectivity index (χ1n) is 11.2. The van der Waals surface area contributed by atoms with Crippen LogP contribution in [0.1, 0.15) is 23.3 Å². The van der Waals surface area contributed by atoms with E-state index in [1.165, 1.54) is 25.3 Å². The van der Waals surface area contributed by atoms with E-state index in [1.54, 1.807) is 42.5 Å². The van der Waals surface area contributed by atoms with Crippen LogP contribution >= 0.6 is 0 Å². The molecule has 4 rings (SSSR count). The number of rotatable bonds is 10. The zero-order valence-corrected chi connectivity index (χ0v) is 20.9. The minimum atomic E-state index is -3.64. The van der Waals surface area contributed by atoms with Gasteiger partial charge in [0.15, 0.2) is 11.5 Å². The van der Waals surface area contributed by atoms with Crippen molar-refractivity contribution < 1.29 is 37.6 Å². The van der Waals surface area contributed by atoms with Crippen LogP contribution in [0.15, 0.2) is 60.7 Å². The summed E-state index contributed by atoms with van der Waals surface area (Å²) in [4.78, 5) is 13.3. The molecule has 1 heterocycles. The predicted molar refractivity (Wildman–Crippen MR) is 136 cm³/mol. The van der Waals surface area contributed by atoms with Crippen molar-refractivity contribution >= 4 is 27.3 Å². The van der Waals surface area contributed by atoms with E-state index in [1.807, 2.05) is 0 Å². The van der Waals surface area contributed by atoms with Gasteiger partial charge in [0.2, 0.25) is 22.7 Å². The third kappa shape index (κ3) is 6.61. The molecule has 0 unspecified atom stereocenters. The summed E-state index contributed by atoms with van der Waals surface area (Å²) >= 11 is 0. The van der Waals surface area contributed by atoms with Crippen LogP contribution < -0.4 is 29.6 Å². The van der Waals surface area contributed by atoms with E-state index in [9.17, 15) is 23.4 Å². The van der Waals surface area contributed by atoms with Gasteiger partial charge in [-0.3, -0.25) is 14.8 Å². The fourth-order valence-corrected chi connectivity index (χ4v) is 4.30. The number of benzene rings is 3. The van der Waals surface area contributed by atoms with E-state index in [0.29, 0.717) is 34.1 Å². The molecule has 11 nitrogen and oxygen atoms in total. The monoisotopic (exact) mass is 529 g/mol. The summed E-state index contributed by atoms with van der Waals surface area (Å²) in [7, 11) is -2.10. The highest BCUT2D eigenvalue weighted by atomic mass is 32.2. The van der Waals surface area contributed by atoms with Crippen molar-refractivity contribution in [3.05, 3.63) is 71.8 Å². The molecule has 5 N–H and O–H groups in total. The minimum Gasteiger partial charge on any atom is -0.506 e. The molecule has 3 aromatic rings. The number of fused-ring (bicyclic) bond motifs is 1. The van der Waals surface area contributed by atoms with Gasteiger partial charge in [0.25, 0.3) is 0 Å². The molecule has 0 aromatic heterocycles. The Kier molecular flexibility index (Phi) is 7.71. The number of hydrogen-bond donors (Lipinski definition) is 5. The van der Waals surface area contributed by atoms with Crippen molar-refractivity contribution in [1.82, 2.24) is 5.32 Å². The van der Waals surface area contributed by atoms with Gasteiger partial charge in [-0.05, 0) is 47.5 Å². The molecule has 2 atom stereocenters. The smallest absolute Gasteiger partial charge is 0.246 e. The molecule has 0 saturated carbocycles. The summed E-state index contributed by atoms with van der Waals surface area (Å²) in [5.74, 6) is 1.06. The molecule has 0 saturated heterocycles. The molecule has 0 radical (unpaired) electrons. The largest absolute Gasteiger partial charge is 0.506 e. The molecular weight excluding hydrogens is 502 g/mol. The fraction of sp³-hybridized carbons (Fsp3) is 0.240. The van der Waals surface area contributed by atoms with Crippen LogP contribution in [0.4, 0.5) is 11.4 Å². The summed E-state index contributed by atoms with van der Waals surface area (Å²) < 4.78 is 41.2. The number of amides is 1. The van der Waals surface area contributed by atoms with Crippen LogP contribution in [0, 0.1) is 0 Å². The maximum atomic E-state index is 13.3. The van der Waals surface area contributed by atoms with Crippen molar-refractivity contribution in [2.24, 2.45) is 0 Å². The summed E-state index contributed by atoms with van der Waals surface area (Å²) in [5.41, 5.74) is 1.40. The Morgan fingerprint density at radius 3 is 2.43 bits per heavy atom. The maximum Gasteiger partial charge on any atom is 0.246 e. The normalized spacial score (nSPS) is 14.0. The summed E-state index contributed by atoms with van der Waals surface area (Å²) in [6.07, 6.45) is -0.172. The number of nitrogens with one attached hydrogen (secondary N) is 3. The fourth-order valence-electron chi connectivity index (χ4n) is 3.74. The van der Waals surface area contributed by atoms with Crippen LogP contribution in [-0.4, -0.2) is 51.2 Å². The SMILES string of the molecule is COc1ccc([C@@H](NC[C@@H](O)c2ccc(O)c(NS(C)(=O)=O)c2)C(=O)Nc2ccc3c(c2)OCO3)cc1. The van der Waals surface area contributed by atoms with E-state index >= 15 is 0 Å². The van der Waals surface area contributed by atoms with Gasteiger partial charge < -0.3 is 29.7 Å². The maximum absolute atomic E-state index is 13.3. The van der Waals surface area contributed by atoms with Gasteiger partial charge >= 0.3 is 0 Å². The number of carbonyl (C=O) groups excluding carboxylic acids is 1. The number of aliphatic hydroxyl groups is 1. The van der Waals surface area contributed by atoms with Crippen LogP contribution in [-0.2, 0) is 14.8 Å². The van der Waals surface area contributed by atoms with Gasteiger partial charge in [0.05, 0.1) is 25.2 Å². The van der Waals surface area contributed by atoms with Crippen molar-refractivity contribution in [2.45, 2.75) is 12.1 Å². The second-order valence-electron chi connectivity index (χ2n) is 8.34. The lowest BCUT2D eigenvalue weighted by molar-refractivity contribution is -0.118. The third-order valence-corrected chi connectivity index (χ3v) is 6.16. The Morgan fingerprint density at radius 2 is 1.73 bits per heavy atom. The van der Waals surface area contributed by atoms with Crippen molar-refractivity contribution in [1.29, 1.82) is 0 Å². The zero-order valence-electron chi connectivity index (χ0n) is 20.1. The number of phenolic OH excluding ortho intramolecular Hbond substituents is 1. The van der Waals surface area contributed by atoms with Gasteiger partial charge in [0, 0.05) is 18.3 Å². The number of hydrogen-bond acceptors (Lipinski definition) is 9. The summed E-state index contributed by atoms with van der Waals surface area (Å²) in [5, 5.41) is 26.7. The topological polar surface area (TPSA) is 155 Å². The molecule has 0 spiro atoms. The average molecular weight is 530 g/mol. The summed E-state index contributed by atoms with van der Waals surface area (Å²) in [6.45, 7) is 0.0493. The van der Waals surface area contributed by atoms with E-state index < -0.39 is 22.2 Å². The Balaban J connectivity index is 1.52. The third-order valence-electron chi connectivity index (χ3n) is 5.57. The molecule has 3 aromatic carbocycles. The van der Waals surface area contributed by atoms with E-state index in [4.69, 9.17) is 14.2 Å². The Morgan fingerprint density at radius 1 is 1.03 bits per heavy atom. The lowest BCUT2D eigenvalue weighted by Crippen LogP contribution is -2.35. The number of anilines is 2. The quantitative estimate of drug-likeness (QED) is 0.249. The molecular formula is C25H27N3O8S. The lowest BCUT2D eigenvalue weighted by Gasteiger charge is -2.22. The highest BCUT2D eigenvalue weighted by Crippen LogP contribution is 2.34. The van der Waals surface area contributed by atoms with Gasteiger partial charge in [-0.15, -0.1) is 0 Å². The number of sulfonamides is 1. The molecule has 1 aliphatic heterocycles. The Bertz CT molecular complexity index is 1380. The molecule has 1 amide bonds. The number of aliphatic hydroxyl groups excluding tert-OH is 1. The van der Waals surface area contributed by atoms with Crippen LogP contribution in [0.25, 0.3) is 0 Å². The standard InChI is InChI=1S/C25H27N3O8S/c1-34-18-7-3-15(4-8-18)24(25(31)27-17-6-10-22-23(12-17)36-14-35-22)26-13-21(30)16-5-9-20(29)19(11-16)28-37(2,32)33/h3-12,21,24,26,28-30H,13-14H2,1-2H3,(H,27,31)/t21-,24-/m1/s1. The number of aromatic hydroxyl groups is 1. The second-order valence-corrected chi connectivity index (χ2v) is 10.1. The molecule has 1 aliphatic rings. The highest BCUT2D eigenvalue weighted by molar-refractivity contribution is 7.92. The van der Waals surface area contributed by atoms with E-state index in [0.717, 1.165) is 6.26 Å². The van der Waals surface area contributed by atoms with E-state index in [-0.39, 0.29) is 30.7 Å².